The smallest absolute Gasteiger partial charge is 0.338 e. The van der Waals surface area contributed by atoms with E-state index in [1.54, 1.807) is 12.3 Å². The second-order valence-electron chi connectivity index (χ2n) is 5.75. The normalized spacial score (nSPS) is 10.6. The van der Waals surface area contributed by atoms with Crippen LogP contribution in [0.15, 0.2) is 60.9 Å². The summed E-state index contributed by atoms with van der Waals surface area (Å²) >= 11 is 5.92. The van der Waals surface area contributed by atoms with Crippen LogP contribution in [0.25, 0.3) is 0 Å². The van der Waals surface area contributed by atoms with Crippen molar-refractivity contribution in [2.24, 2.45) is 0 Å². The number of hydrogen-bond acceptors (Lipinski definition) is 3. The zero-order valence-electron chi connectivity index (χ0n) is 14.0. The summed E-state index contributed by atoms with van der Waals surface area (Å²) < 4.78 is 6.93. The molecule has 5 heteroatoms. The number of aromatic nitrogens is 2. The highest BCUT2D eigenvalue weighted by Gasteiger charge is 2.12. The average molecular weight is 355 g/mol. The molecule has 0 amide bonds. The van der Waals surface area contributed by atoms with Gasteiger partial charge in [0.25, 0.3) is 0 Å². The Morgan fingerprint density at radius 1 is 1.12 bits per heavy atom. The Balaban J connectivity index is 1.74. The lowest BCUT2D eigenvalue weighted by Gasteiger charge is -2.11. The minimum absolute atomic E-state index is 0.321. The fourth-order valence-electron chi connectivity index (χ4n) is 2.77. The van der Waals surface area contributed by atoms with Crippen LogP contribution in [-0.4, -0.2) is 22.6 Å². The highest BCUT2D eigenvalue weighted by Crippen LogP contribution is 2.15. The van der Waals surface area contributed by atoms with Gasteiger partial charge in [-0.2, -0.15) is 0 Å². The average Bonchev–Trinajstić information content (AvgIpc) is 3.08. The summed E-state index contributed by atoms with van der Waals surface area (Å²) in [7, 11) is 1.40. The molecule has 1 heterocycles. The lowest BCUT2D eigenvalue weighted by molar-refractivity contribution is 0.0599. The molecule has 25 heavy (non-hydrogen) atoms. The maximum absolute atomic E-state index is 11.9. The fourth-order valence-corrected chi connectivity index (χ4v) is 2.90. The zero-order chi connectivity index (χ0) is 17.6. The van der Waals surface area contributed by atoms with Gasteiger partial charge in [0.05, 0.1) is 12.7 Å². The molecule has 3 rings (SSSR count). The SMILES string of the molecule is COC(=O)c1ccccc1Cn1ccnc1CCc1ccc(Cl)cc1. The summed E-state index contributed by atoms with van der Waals surface area (Å²) in [6, 6.07) is 15.3. The predicted octanol–water partition coefficient (Wildman–Crippen LogP) is 4.16. The van der Waals surface area contributed by atoms with Gasteiger partial charge in [0, 0.05) is 30.4 Å². The molecule has 0 spiro atoms. The number of rotatable bonds is 6. The number of hydrogen-bond donors (Lipinski definition) is 0. The third-order valence-corrected chi connectivity index (χ3v) is 4.37. The van der Waals surface area contributed by atoms with E-state index in [4.69, 9.17) is 16.3 Å². The van der Waals surface area contributed by atoms with Gasteiger partial charge in [0.2, 0.25) is 0 Å². The van der Waals surface area contributed by atoms with Crippen molar-refractivity contribution in [1.82, 2.24) is 9.55 Å². The van der Waals surface area contributed by atoms with Gasteiger partial charge in [-0.05, 0) is 35.7 Å². The number of esters is 1. The summed E-state index contributed by atoms with van der Waals surface area (Å²) in [6.45, 7) is 0.585. The van der Waals surface area contributed by atoms with E-state index in [9.17, 15) is 4.79 Å². The summed E-state index contributed by atoms with van der Waals surface area (Å²) in [5.41, 5.74) is 2.72. The number of methoxy groups -OCH3 is 1. The first-order valence-electron chi connectivity index (χ1n) is 8.08. The lowest BCUT2D eigenvalue weighted by Crippen LogP contribution is -2.11. The van der Waals surface area contributed by atoms with Crippen LogP contribution < -0.4 is 0 Å². The maximum Gasteiger partial charge on any atom is 0.338 e. The van der Waals surface area contributed by atoms with Gasteiger partial charge in [-0.3, -0.25) is 0 Å². The summed E-state index contributed by atoms with van der Waals surface area (Å²) in [5.74, 6) is 0.660. The van der Waals surface area contributed by atoms with Gasteiger partial charge in [0.1, 0.15) is 5.82 Å². The third-order valence-electron chi connectivity index (χ3n) is 4.12. The molecule has 128 valence electrons. The lowest BCUT2D eigenvalue weighted by atomic mass is 10.1. The number of benzene rings is 2. The molecular formula is C20H19ClN2O2. The van der Waals surface area contributed by atoms with Crippen molar-refractivity contribution in [3.63, 3.8) is 0 Å². The Kier molecular flexibility index (Phi) is 5.51. The van der Waals surface area contributed by atoms with E-state index in [1.807, 2.05) is 48.7 Å². The Morgan fingerprint density at radius 3 is 2.64 bits per heavy atom. The van der Waals surface area contributed by atoms with E-state index in [2.05, 4.69) is 9.55 Å². The van der Waals surface area contributed by atoms with Crippen LogP contribution in [0.1, 0.15) is 27.3 Å². The van der Waals surface area contributed by atoms with E-state index >= 15 is 0 Å². The number of ether oxygens (including phenoxy) is 1. The standard InChI is InChI=1S/C20H19ClN2O2/c1-25-20(24)18-5-3-2-4-16(18)14-23-13-12-22-19(23)11-8-15-6-9-17(21)10-7-15/h2-7,9-10,12-13H,8,11,14H2,1H3. The van der Waals surface area contributed by atoms with Gasteiger partial charge in [-0.25, -0.2) is 9.78 Å². The van der Waals surface area contributed by atoms with Crippen molar-refractivity contribution in [2.75, 3.05) is 7.11 Å². The van der Waals surface area contributed by atoms with Crippen LogP contribution in [-0.2, 0) is 24.1 Å². The molecule has 1 aromatic heterocycles. The molecular weight excluding hydrogens is 336 g/mol. The largest absolute Gasteiger partial charge is 0.465 e. The molecule has 4 nitrogen and oxygen atoms in total. The van der Waals surface area contributed by atoms with Gasteiger partial charge in [0.15, 0.2) is 0 Å². The van der Waals surface area contributed by atoms with Gasteiger partial charge in [-0.15, -0.1) is 0 Å². The molecule has 0 unspecified atom stereocenters. The number of halogens is 1. The van der Waals surface area contributed by atoms with Crippen molar-refractivity contribution in [1.29, 1.82) is 0 Å². The van der Waals surface area contributed by atoms with Gasteiger partial charge in [-0.1, -0.05) is 41.9 Å². The van der Waals surface area contributed by atoms with E-state index in [0.29, 0.717) is 12.1 Å². The van der Waals surface area contributed by atoms with Crippen molar-refractivity contribution in [2.45, 2.75) is 19.4 Å². The van der Waals surface area contributed by atoms with Crippen molar-refractivity contribution >= 4 is 17.6 Å². The molecule has 0 aliphatic carbocycles. The van der Waals surface area contributed by atoms with Crippen LogP contribution in [0.2, 0.25) is 5.02 Å². The molecule has 0 fully saturated rings. The monoisotopic (exact) mass is 354 g/mol. The number of carbonyl (C=O) groups is 1. The minimum atomic E-state index is -0.321. The molecule has 0 atom stereocenters. The molecule has 0 N–H and O–H groups in total. The molecule has 3 aromatic rings. The first-order chi connectivity index (χ1) is 12.2. The van der Waals surface area contributed by atoms with E-state index < -0.39 is 0 Å². The maximum atomic E-state index is 11.9. The number of aryl methyl sites for hydroxylation is 2. The molecule has 2 aromatic carbocycles. The summed E-state index contributed by atoms with van der Waals surface area (Å²) in [6.07, 6.45) is 5.42. The highest BCUT2D eigenvalue weighted by atomic mass is 35.5. The van der Waals surface area contributed by atoms with Gasteiger partial charge < -0.3 is 9.30 Å². The van der Waals surface area contributed by atoms with Crippen molar-refractivity contribution in [3.05, 3.63) is 88.5 Å². The molecule has 0 aliphatic heterocycles. The summed E-state index contributed by atoms with van der Waals surface area (Å²) in [4.78, 5) is 16.4. The number of nitrogens with zero attached hydrogens (tertiary/aromatic N) is 2. The van der Waals surface area contributed by atoms with E-state index in [0.717, 1.165) is 29.3 Å². The van der Waals surface area contributed by atoms with Gasteiger partial charge >= 0.3 is 5.97 Å². The third kappa shape index (κ3) is 4.28. The fraction of sp³-hybridized carbons (Fsp3) is 0.200. The first-order valence-corrected chi connectivity index (χ1v) is 8.46. The van der Waals surface area contributed by atoms with Crippen LogP contribution in [0.3, 0.4) is 0 Å². The Hall–Kier alpha value is -2.59. The molecule has 0 radical (unpaired) electrons. The Bertz CT molecular complexity index is 856. The Labute approximate surface area is 152 Å². The molecule has 0 saturated heterocycles. The van der Waals surface area contributed by atoms with Crippen LogP contribution >= 0.6 is 11.6 Å². The highest BCUT2D eigenvalue weighted by molar-refractivity contribution is 6.30. The Morgan fingerprint density at radius 2 is 1.88 bits per heavy atom. The second kappa shape index (κ2) is 7.99. The second-order valence-corrected chi connectivity index (χ2v) is 6.18. The van der Waals surface area contributed by atoms with Crippen molar-refractivity contribution in [3.8, 4) is 0 Å². The van der Waals surface area contributed by atoms with E-state index in [1.165, 1.54) is 12.7 Å². The number of carbonyl (C=O) groups excluding carboxylic acids is 1. The minimum Gasteiger partial charge on any atom is -0.465 e. The topological polar surface area (TPSA) is 44.1 Å². The number of imidazole rings is 1. The van der Waals surface area contributed by atoms with Crippen molar-refractivity contribution < 1.29 is 9.53 Å². The first kappa shape index (κ1) is 17.2. The van der Waals surface area contributed by atoms with Crippen LogP contribution in [0.4, 0.5) is 0 Å². The van der Waals surface area contributed by atoms with E-state index in [-0.39, 0.29) is 5.97 Å². The molecule has 0 aliphatic rings. The molecule has 0 bridgehead atoms. The predicted molar refractivity (Wildman–Crippen MR) is 98.0 cm³/mol. The van der Waals surface area contributed by atoms with Crippen LogP contribution in [0.5, 0.6) is 0 Å². The summed E-state index contributed by atoms with van der Waals surface area (Å²) in [5, 5.41) is 0.740. The molecule has 0 saturated carbocycles. The zero-order valence-corrected chi connectivity index (χ0v) is 14.7. The van der Waals surface area contributed by atoms with Crippen LogP contribution in [0, 0.1) is 0 Å². The quantitative estimate of drug-likeness (QED) is 0.624.